The van der Waals surface area contributed by atoms with Crippen molar-refractivity contribution in [2.75, 3.05) is 0 Å². The fourth-order valence-electron chi connectivity index (χ4n) is 2.53. The fourth-order valence-corrected chi connectivity index (χ4v) is 3.10. The van der Waals surface area contributed by atoms with Gasteiger partial charge >= 0.3 is 0 Å². The highest BCUT2D eigenvalue weighted by Gasteiger charge is 2.15. The maximum absolute atomic E-state index is 13.9. The summed E-state index contributed by atoms with van der Waals surface area (Å²) in [5.41, 5.74) is 1.92. The monoisotopic (exact) mass is 318 g/mol. The normalized spacial score (nSPS) is 12.5. The van der Waals surface area contributed by atoms with Gasteiger partial charge in [-0.3, -0.25) is 0 Å². The van der Waals surface area contributed by atoms with E-state index in [1.54, 1.807) is 12.1 Å². The number of halogens is 3. The van der Waals surface area contributed by atoms with Crippen LogP contribution in [0.1, 0.15) is 16.5 Å². The van der Waals surface area contributed by atoms with E-state index >= 15 is 0 Å². The maximum atomic E-state index is 13.9. The first-order chi connectivity index (χ1) is 10.2. The lowest BCUT2D eigenvalue weighted by molar-refractivity contribution is 0.639. The van der Waals surface area contributed by atoms with E-state index in [0.29, 0.717) is 16.8 Å². The summed E-state index contributed by atoms with van der Waals surface area (Å²) < 4.78 is 13.9. The molecule has 106 valence electrons. The van der Waals surface area contributed by atoms with Crippen LogP contribution >= 0.6 is 23.2 Å². The number of alkyl halides is 1. The molecule has 0 amide bonds. The van der Waals surface area contributed by atoms with Crippen LogP contribution in [0.4, 0.5) is 4.39 Å². The van der Waals surface area contributed by atoms with Crippen molar-refractivity contribution in [2.45, 2.75) is 11.8 Å². The van der Waals surface area contributed by atoms with E-state index in [1.807, 2.05) is 42.5 Å². The fraction of sp³-hybridized carbons (Fsp3) is 0.111. The molecule has 3 rings (SSSR count). The van der Waals surface area contributed by atoms with Crippen molar-refractivity contribution >= 4 is 34.0 Å². The molecule has 0 aliphatic rings. The zero-order valence-corrected chi connectivity index (χ0v) is 12.7. The van der Waals surface area contributed by atoms with Crippen LogP contribution in [0.3, 0.4) is 0 Å². The molecular formula is C18H13Cl2F. The van der Waals surface area contributed by atoms with E-state index < -0.39 is 0 Å². The molecule has 0 aliphatic carbocycles. The number of benzene rings is 3. The first-order valence-electron chi connectivity index (χ1n) is 6.71. The summed E-state index contributed by atoms with van der Waals surface area (Å²) in [5.74, 6) is -0.226. The molecular weight excluding hydrogens is 306 g/mol. The predicted molar refractivity (Wildman–Crippen MR) is 87.7 cm³/mol. The summed E-state index contributed by atoms with van der Waals surface area (Å²) in [7, 11) is 0. The molecule has 0 aromatic heterocycles. The van der Waals surface area contributed by atoms with Gasteiger partial charge in [0, 0.05) is 10.4 Å². The Hall–Kier alpha value is -1.57. The van der Waals surface area contributed by atoms with Gasteiger partial charge in [0.2, 0.25) is 0 Å². The number of hydrogen-bond donors (Lipinski definition) is 0. The molecule has 3 aromatic carbocycles. The summed E-state index contributed by atoms with van der Waals surface area (Å²) in [6.45, 7) is 0. The average molecular weight is 319 g/mol. The quantitative estimate of drug-likeness (QED) is 0.508. The van der Waals surface area contributed by atoms with Gasteiger partial charge < -0.3 is 0 Å². The zero-order valence-electron chi connectivity index (χ0n) is 11.2. The van der Waals surface area contributed by atoms with Crippen molar-refractivity contribution in [3.8, 4) is 0 Å². The van der Waals surface area contributed by atoms with Gasteiger partial charge in [-0.1, -0.05) is 60.1 Å². The maximum Gasteiger partial charge on any atom is 0.131 e. The average Bonchev–Trinajstić information content (AvgIpc) is 2.50. The topological polar surface area (TPSA) is 0 Å². The molecule has 0 saturated heterocycles. The molecule has 0 bridgehead atoms. The lowest BCUT2D eigenvalue weighted by atomic mass is 9.98. The van der Waals surface area contributed by atoms with Crippen molar-refractivity contribution in [1.82, 2.24) is 0 Å². The highest BCUT2D eigenvalue weighted by atomic mass is 35.5. The Kier molecular flexibility index (Phi) is 4.14. The van der Waals surface area contributed by atoms with Gasteiger partial charge in [-0.2, -0.15) is 0 Å². The summed E-state index contributed by atoms with van der Waals surface area (Å²) in [6.07, 6.45) is 0.608. The van der Waals surface area contributed by atoms with Crippen molar-refractivity contribution in [2.24, 2.45) is 0 Å². The second-order valence-electron chi connectivity index (χ2n) is 4.95. The third-order valence-electron chi connectivity index (χ3n) is 3.60. The molecule has 0 aliphatic heterocycles. The van der Waals surface area contributed by atoms with Crippen molar-refractivity contribution in [3.05, 3.63) is 82.6 Å². The van der Waals surface area contributed by atoms with Gasteiger partial charge in [-0.15, -0.1) is 11.6 Å². The van der Waals surface area contributed by atoms with Gasteiger partial charge in [0.1, 0.15) is 5.82 Å². The minimum Gasteiger partial charge on any atom is -0.206 e. The molecule has 0 fully saturated rings. The Morgan fingerprint density at radius 3 is 2.29 bits per heavy atom. The summed E-state index contributed by atoms with van der Waals surface area (Å²) >= 11 is 12.7. The molecule has 0 saturated carbocycles. The SMILES string of the molecule is Fc1ccc(C(Cl)Cc2ccccc2Cl)c2ccccc12. The van der Waals surface area contributed by atoms with E-state index in [9.17, 15) is 4.39 Å². The molecule has 3 aromatic rings. The third-order valence-corrected chi connectivity index (χ3v) is 4.36. The Morgan fingerprint density at radius 2 is 1.52 bits per heavy atom. The highest BCUT2D eigenvalue weighted by molar-refractivity contribution is 6.31. The third kappa shape index (κ3) is 2.90. The van der Waals surface area contributed by atoms with E-state index in [-0.39, 0.29) is 11.2 Å². The lowest BCUT2D eigenvalue weighted by Gasteiger charge is -2.14. The Labute approximate surface area is 133 Å². The second-order valence-corrected chi connectivity index (χ2v) is 5.88. The van der Waals surface area contributed by atoms with Crippen LogP contribution in [-0.4, -0.2) is 0 Å². The van der Waals surface area contributed by atoms with E-state index in [2.05, 4.69) is 0 Å². The number of hydrogen-bond acceptors (Lipinski definition) is 0. The Morgan fingerprint density at radius 1 is 0.857 bits per heavy atom. The van der Waals surface area contributed by atoms with Crippen LogP contribution in [0.15, 0.2) is 60.7 Å². The summed E-state index contributed by atoms with van der Waals surface area (Å²) in [5, 5.41) is 1.90. The summed E-state index contributed by atoms with van der Waals surface area (Å²) in [6, 6.07) is 18.3. The van der Waals surface area contributed by atoms with Crippen molar-refractivity contribution in [3.63, 3.8) is 0 Å². The second kappa shape index (κ2) is 6.05. The highest BCUT2D eigenvalue weighted by Crippen LogP contribution is 2.33. The Bertz CT molecular complexity index is 783. The lowest BCUT2D eigenvalue weighted by Crippen LogP contribution is -1.98. The van der Waals surface area contributed by atoms with Crippen LogP contribution in [0.2, 0.25) is 5.02 Å². The molecule has 1 unspecified atom stereocenters. The molecule has 0 heterocycles. The van der Waals surface area contributed by atoms with E-state index in [4.69, 9.17) is 23.2 Å². The predicted octanol–water partition coefficient (Wildman–Crippen LogP) is 6.15. The van der Waals surface area contributed by atoms with Crippen LogP contribution in [0, 0.1) is 5.82 Å². The summed E-state index contributed by atoms with van der Waals surface area (Å²) in [4.78, 5) is 0. The molecule has 1 atom stereocenters. The van der Waals surface area contributed by atoms with Crippen LogP contribution in [0.25, 0.3) is 10.8 Å². The van der Waals surface area contributed by atoms with Crippen LogP contribution in [0.5, 0.6) is 0 Å². The zero-order chi connectivity index (χ0) is 14.8. The molecule has 21 heavy (non-hydrogen) atoms. The van der Waals surface area contributed by atoms with Gasteiger partial charge in [0.25, 0.3) is 0 Å². The smallest absolute Gasteiger partial charge is 0.131 e. The van der Waals surface area contributed by atoms with Gasteiger partial charge in [0.05, 0.1) is 5.38 Å². The minimum atomic E-state index is -0.254. The van der Waals surface area contributed by atoms with Gasteiger partial charge in [0.15, 0.2) is 0 Å². The van der Waals surface area contributed by atoms with Crippen molar-refractivity contribution in [1.29, 1.82) is 0 Å². The largest absolute Gasteiger partial charge is 0.206 e. The number of fused-ring (bicyclic) bond motifs is 1. The molecule has 0 N–H and O–H groups in total. The Balaban J connectivity index is 2.01. The first-order valence-corrected chi connectivity index (χ1v) is 7.53. The van der Waals surface area contributed by atoms with Crippen LogP contribution < -0.4 is 0 Å². The van der Waals surface area contributed by atoms with Crippen LogP contribution in [-0.2, 0) is 6.42 Å². The van der Waals surface area contributed by atoms with Crippen molar-refractivity contribution < 1.29 is 4.39 Å². The standard InChI is InChI=1S/C18H13Cl2F/c19-16-8-4-1-5-12(16)11-17(20)14-9-10-18(21)15-7-3-2-6-13(14)15/h1-10,17H,11H2. The molecule has 0 spiro atoms. The molecule has 0 radical (unpaired) electrons. The molecule has 3 heteroatoms. The molecule has 0 nitrogen and oxygen atoms in total. The van der Waals surface area contributed by atoms with E-state index in [0.717, 1.165) is 16.5 Å². The van der Waals surface area contributed by atoms with Gasteiger partial charge in [-0.05, 0) is 35.1 Å². The van der Waals surface area contributed by atoms with E-state index in [1.165, 1.54) is 6.07 Å². The first kappa shape index (κ1) is 14.4. The minimum absolute atomic E-state index is 0.226. The van der Waals surface area contributed by atoms with Gasteiger partial charge in [-0.25, -0.2) is 4.39 Å². The number of rotatable bonds is 3.